The average Bonchev–Trinajstić information content (AvgIpc) is 3.07. The molecule has 2 rings (SSSR count). The Labute approximate surface area is 173 Å². The molecular weight excluding hydrogens is 439 g/mol. The maximum atomic E-state index is 4.31. The molecule has 6 nitrogen and oxygen atoms in total. The van der Waals surface area contributed by atoms with Crippen molar-refractivity contribution in [2.24, 2.45) is 10.9 Å². The van der Waals surface area contributed by atoms with Crippen LogP contribution < -0.4 is 10.6 Å². The number of rotatable bonds is 8. The number of hydrogen-bond donors (Lipinski definition) is 2. The first-order valence-electron chi connectivity index (χ1n) is 9.01. The SMILES string of the molecule is CN=C(NCc1nncn1-c1ccccc1)NC(C)CCCC(C)C.I. The van der Waals surface area contributed by atoms with Crippen molar-refractivity contribution in [3.63, 3.8) is 0 Å². The van der Waals surface area contributed by atoms with Crippen molar-refractivity contribution in [3.8, 4) is 5.69 Å². The summed E-state index contributed by atoms with van der Waals surface area (Å²) < 4.78 is 1.98. The number of nitrogens with one attached hydrogen (secondary N) is 2. The lowest BCUT2D eigenvalue weighted by Crippen LogP contribution is -2.42. The molecule has 0 spiro atoms. The number of aromatic nitrogens is 3. The van der Waals surface area contributed by atoms with Crippen LogP contribution in [0.25, 0.3) is 5.69 Å². The molecule has 0 bridgehead atoms. The lowest BCUT2D eigenvalue weighted by molar-refractivity contribution is 0.491. The second-order valence-corrected chi connectivity index (χ2v) is 6.75. The summed E-state index contributed by atoms with van der Waals surface area (Å²) in [5, 5.41) is 15.0. The van der Waals surface area contributed by atoms with Gasteiger partial charge in [0.2, 0.25) is 0 Å². The molecule has 1 heterocycles. The van der Waals surface area contributed by atoms with Crippen molar-refractivity contribution in [2.75, 3.05) is 7.05 Å². The van der Waals surface area contributed by atoms with Gasteiger partial charge in [0.15, 0.2) is 11.8 Å². The molecule has 0 radical (unpaired) electrons. The maximum absolute atomic E-state index is 4.31. The molecule has 0 aliphatic heterocycles. The van der Waals surface area contributed by atoms with Crippen molar-refractivity contribution in [2.45, 2.75) is 52.6 Å². The van der Waals surface area contributed by atoms with Crippen LogP contribution in [0.5, 0.6) is 0 Å². The molecule has 144 valence electrons. The summed E-state index contributed by atoms with van der Waals surface area (Å²) >= 11 is 0. The van der Waals surface area contributed by atoms with Crippen LogP contribution in [0.2, 0.25) is 0 Å². The monoisotopic (exact) mass is 470 g/mol. The van der Waals surface area contributed by atoms with E-state index in [2.05, 4.69) is 46.6 Å². The van der Waals surface area contributed by atoms with E-state index in [9.17, 15) is 0 Å². The summed E-state index contributed by atoms with van der Waals surface area (Å²) in [5.41, 5.74) is 1.05. The van der Waals surface area contributed by atoms with Crippen LogP contribution in [0, 0.1) is 5.92 Å². The number of benzene rings is 1. The average molecular weight is 470 g/mol. The van der Waals surface area contributed by atoms with Crippen molar-refractivity contribution < 1.29 is 0 Å². The highest BCUT2D eigenvalue weighted by molar-refractivity contribution is 14.0. The van der Waals surface area contributed by atoms with Gasteiger partial charge in [-0.15, -0.1) is 34.2 Å². The minimum atomic E-state index is 0. The van der Waals surface area contributed by atoms with Gasteiger partial charge in [0.1, 0.15) is 6.33 Å². The highest BCUT2D eigenvalue weighted by atomic mass is 127. The Morgan fingerprint density at radius 2 is 1.88 bits per heavy atom. The number of aliphatic imine (C=N–C) groups is 1. The number of hydrogen-bond acceptors (Lipinski definition) is 3. The van der Waals surface area contributed by atoms with E-state index in [1.54, 1.807) is 13.4 Å². The van der Waals surface area contributed by atoms with Gasteiger partial charge in [-0.25, -0.2) is 0 Å². The van der Waals surface area contributed by atoms with E-state index in [1.165, 1.54) is 12.8 Å². The van der Waals surface area contributed by atoms with Gasteiger partial charge in [-0.2, -0.15) is 0 Å². The van der Waals surface area contributed by atoms with Crippen LogP contribution in [-0.4, -0.2) is 33.8 Å². The smallest absolute Gasteiger partial charge is 0.191 e. The second kappa shape index (κ2) is 11.9. The molecule has 2 N–H and O–H groups in total. The van der Waals surface area contributed by atoms with Gasteiger partial charge < -0.3 is 10.6 Å². The van der Waals surface area contributed by atoms with Crippen molar-refractivity contribution in [1.29, 1.82) is 0 Å². The zero-order chi connectivity index (χ0) is 18.1. The number of para-hydroxylation sites is 1. The molecule has 7 heteroatoms. The molecule has 26 heavy (non-hydrogen) atoms. The molecule has 1 unspecified atom stereocenters. The van der Waals surface area contributed by atoms with Gasteiger partial charge in [0.05, 0.1) is 6.54 Å². The zero-order valence-corrected chi connectivity index (χ0v) is 18.5. The minimum absolute atomic E-state index is 0. The highest BCUT2D eigenvalue weighted by Gasteiger charge is 2.09. The molecule has 1 atom stereocenters. The fraction of sp³-hybridized carbons (Fsp3) is 0.526. The van der Waals surface area contributed by atoms with Gasteiger partial charge in [-0.3, -0.25) is 9.56 Å². The Balaban J connectivity index is 0.00000338. The van der Waals surface area contributed by atoms with Crippen molar-refractivity contribution in [1.82, 2.24) is 25.4 Å². The van der Waals surface area contributed by atoms with Gasteiger partial charge in [-0.1, -0.05) is 44.9 Å². The second-order valence-electron chi connectivity index (χ2n) is 6.75. The van der Waals surface area contributed by atoms with Crippen LogP contribution in [-0.2, 0) is 6.54 Å². The third kappa shape index (κ3) is 7.31. The largest absolute Gasteiger partial charge is 0.354 e. The third-order valence-electron chi connectivity index (χ3n) is 4.09. The van der Waals surface area contributed by atoms with E-state index in [0.717, 1.165) is 29.8 Å². The van der Waals surface area contributed by atoms with Gasteiger partial charge >= 0.3 is 0 Å². The van der Waals surface area contributed by atoms with E-state index in [1.807, 2.05) is 34.9 Å². The Morgan fingerprint density at radius 1 is 1.15 bits per heavy atom. The summed E-state index contributed by atoms with van der Waals surface area (Å²) in [6, 6.07) is 10.5. The normalized spacial score (nSPS) is 12.6. The van der Waals surface area contributed by atoms with E-state index < -0.39 is 0 Å². The first-order chi connectivity index (χ1) is 12.1. The van der Waals surface area contributed by atoms with E-state index in [0.29, 0.717) is 12.6 Å². The molecule has 0 aliphatic carbocycles. The molecule has 0 saturated carbocycles. The maximum Gasteiger partial charge on any atom is 0.191 e. The lowest BCUT2D eigenvalue weighted by Gasteiger charge is -2.18. The Morgan fingerprint density at radius 3 is 2.54 bits per heavy atom. The van der Waals surface area contributed by atoms with E-state index in [-0.39, 0.29) is 24.0 Å². The molecule has 0 fully saturated rings. The third-order valence-corrected chi connectivity index (χ3v) is 4.09. The Kier molecular flexibility index (Phi) is 10.2. The summed E-state index contributed by atoms with van der Waals surface area (Å²) in [4.78, 5) is 4.31. The molecule has 1 aromatic heterocycles. The molecule has 2 aromatic rings. The lowest BCUT2D eigenvalue weighted by atomic mass is 10.0. The number of guanidine groups is 1. The summed E-state index contributed by atoms with van der Waals surface area (Å²) in [7, 11) is 1.79. The molecule has 0 aliphatic rings. The van der Waals surface area contributed by atoms with E-state index in [4.69, 9.17) is 0 Å². The van der Waals surface area contributed by atoms with Gasteiger partial charge in [0.25, 0.3) is 0 Å². The fourth-order valence-electron chi connectivity index (χ4n) is 2.68. The van der Waals surface area contributed by atoms with Crippen LogP contribution >= 0.6 is 24.0 Å². The molecular formula is C19H31IN6. The van der Waals surface area contributed by atoms with Gasteiger partial charge in [-0.05, 0) is 31.4 Å². The number of nitrogens with zero attached hydrogens (tertiary/aromatic N) is 4. The first kappa shape index (κ1) is 22.4. The quantitative estimate of drug-likeness (QED) is 0.350. The van der Waals surface area contributed by atoms with Crippen molar-refractivity contribution >= 4 is 29.9 Å². The van der Waals surface area contributed by atoms with Crippen molar-refractivity contribution in [3.05, 3.63) is 42.5 Å². The van der Waals surface area contributed by atoms with Crippen LogP contribution in [0.15, 0.2) is 41.7 Å². The topological polar surface area (TPSA) is 67.1 Å². The highest BCUT2D eigenvalue weighted by Crippen LogP contribution is 2.09. The predicted octanol–water partition coefficient (Wildman–Crippen LogP) is 3.77. The van der Waals surface area contributed by atoms with E-state index >= 15 is 0 Å². The zero-order valence-electron chi connectivity index (χ0n) is 16.1. The standard InChI is InChI=1S/C19H30N6.HI/c1-15(2)9-8-10-16(3)23-19(20-4)21-13-18-24-22-14-25(18)17-11-6-5-7-12-17;/h5-7,11-12,14-16H,8-10,13H2,1-4H3,(H2,20,21,23);1H. The minimum Gasteiger partial charge on any atom is -0.354 e. The molecule has 1 aromatic carbocycles. The first-order valence-corrected chi connectivity index (χ1v) is 9.01. The Bertz CT molecular complexity index is 653. The molecule has 0 amide bonds. The summed E-state index contributed by atoms with van der Waals surface area (Å²) in [6.07, 6.45) is 5.36. The van der Waals surface area contributed by atoms with Crippen LogP contribution in [0.3, 0.4) is 0 Å². The van der Waals surface area contributed by atoms with Crippen LogP contribution in [0.1, 0.15) is 45.9 Å². The Hall–Kier alpha value is -1.64. The number of halogens is 1. The summed E-state index contributed by atoms with van der Waals surface area (Å²) in [5.74, 6) is 2.40. The summed E-state index contributed by atoms with van der Waals surface area (Å²) in [6.45, 7) is 7.29. The molecule has 0 saturated heterocycles. The fourth-order valence-corrected chi connectivity index (χ4v) is 2.68. The van der Waals surface area contributed by atoms with Gasteiger partial charge in [0, 0.05) is 18.8 Å². The van der Waals surface area contributed by atoms with Crippen LogP contribution in [0.4, 0.5) is 0 Å². The predicted molar refractivity (Wildman–Crippen MR) is 118 cm³/mol.